The van der Waals surface area contributed by atoms with Gasteiger partial charge in [0, 0.05) is 31.3 Å². The molecule has 2 fully saturated rings. The van der Waals surface area contributed by atoms with Crippen molar-refractivity contribution >= 4 is 28.0 Å². The zero-order valence-corrected chi connectivity index (χ0v) is 13.8. The minimum atomic E-state index is -0.894. The van der Waals surface area contributed by atoms with Gasteiger partial charge in [-0.05, 0) is 12.8 Å². The lowest BCUT2D eigenvalue weighted by molar-refractivity contribution is 0.212. The van der Waals surface area contributed by atoms with Crippen LogP contribution in [0.15, 0.2) is 22.2 Å². The third-order valence-corrected chi connectivity index (χ3v) is 4.78. The van der Waals surface area contributed by atoms with E-state index in [0.717, 1.165) is 12.8 Å². The third-order valence-electron chi connectivity index (χ3n) is 4.78. The number of pyridine rings is 1. The largest absolute Gasteiger partial charge is 0.399 e. The number of hydrogen-bond donors (Lipinski definition) is 1. The Labute approximate surface area is 142 Å². The number of nitrogens with two attached hydrogens (primary N) is 1. The first kappa shape index (κ1) is 15.9. The summed E-state index contributed by atoms with van der Waals surface area (Å²) >= 11 is 0. The van der Waals surface area contributed by atoms with Gasteiger partial charge >= 0.3 is 0 Å². The first-order valence-electron chi connectivity index (χ1n) is 8.18. The molecule has 0 radical (unpaired) electrons. The molecular weight excluding hydrogens is 330 g/mol. The number of halogens is 2. The number of nitrogen functional groups attached to an aromatic ring is 1. The molecule has 1 saturated heterocycles. The quantitative estimate of drug-likeness (QED) is 0.683. The molecule has 0 spiro atoms. The molecule has 1 saturated carbocycles. The summed E-state index contributed by atoms with van der Waals surface area (Å²) in [5, 5.41) is 3.77. The van der Waals surface area contributed by atoms with Gasteiger partial charge in [-0.25, -0.2) is 8.78 Å². The summed E-state index contributed by atoms with van der Waals surface area (Å²) in [5.74, 6) is -1.64. The molecular formula is C17H18F2N4O2. The van der Waals surface area contributed by atoms with Gasteiger partial charge in [0.05, 0.1) is 28.8 Å². The van der Waals surface area contributed by atoms with Gasteiger partial charge in [-0.3, -0.25) is 4.79 Å². The lowest BCUT2D eigenvalue weighted by Gasteiger charge is -2.22. The van der Waals surface area contributed by atoms with Crippen molar-refractivity contribution in [1.29, 1.82) is 0 Å². The van der Waals surface area contributed by atoms with Crippen LogP contribution in [0.3, 0.4) is 0 Å². The van der Waals surface area contributed by atoms with E-state index in [-0.39, 0.29) is 34.9 Å². The highest BCUT2D eigenvalue weighted by atomic mass is 19.1. The number of nitrogens with zero attached hydrogens (tertiary/aromatic N) is 3. The molecule has 2 aliphatic rings. The standard InChI is InChI=1S/C17H18F2N4O2/c1-25-21-9-4-6-22(8-9)17-13(18)15(20)12-11(24)5-7-23(10-2-3-10)16(12)14(17)19/h5,7,10H,2-4,6,8,20H2,1H3. The van der Waals surface area contributed by atoms with Crippen LogP contribution < -0.4 is 16.1 Å². The number of oxime groups is 1. The molecule has 0 amide bonds. The summed E-state index contributed by atoms with van der Waals surface area (Å²) in [7, 11) is 1.43. The maximum atomic E-state index is 15.3. The van der Waals surface area contributed by atoms with E-state index in [1.807, 2.05) is 0 Å². The minimum absolute atomic E-state index is 0.0843. The van der Waals surface area contributed by atoms with Crippen LogP contribution in [-0.2, 0) is 4.84 Å². The molecule has 1 aromatic carbocycles. The summed E-state index contributed by atoms with van der Waals surface area (Å²) in [6, 6.07) is 1.44. The van der Waals surface area contributed by atoms with Crippen molar-refractivity contribution in [3.63, 3.8) is 0 Å². The van der Waals surface area contributed by atoms with Crippen LogP contribution in [0.1, 0.15) is 25.3 Å². The van der Waals surface area contributed by atoms with Crippen molar-refractivity contribution in [2.24, 2.45) is 5.16 Å². The number of rotatable bonds is 3. The van der Waals surface area contributed by atoms with E-state index in [2.05, 4.69) is 5.16 Å². The average Bonchev–Trinajstić information content (AvgIpc) is 3.33. The molecule has 25 heavy (non-hydrogen) atoms. The Balaban J connectivity index is 1.96. The van der Waals surface area contributed by atoms with Gasteiger partial charge in [0.2, 0.25) is 0 Å². The van der Waals surface area contributed by atoms with E-state index < -0.39 is 17.1 Å². The number of aromatic nitrogens is 1. The fourth-order valence-electron chi connectivity index (χ4n) is 3.45. The highest BCUT2D eigenvalue weighted by molar-refractivity contribution is 5.97. The summed E-state index contributed by atoms with van der Waals surface area (Å²) in [5.41, 5.74) is 5.71. The van der Waals surface area contributed by atoms with E-state index in [9.17, 15) is 9.18 Å². The molecule has 8 heteroatoms. The summed E-state index contributed by atoms with van der Waals surface area (Å²) in [6.07, 6.45) is 3.92. The fourth-order valence-corrected chi connectivity index (χ4v) is 3.45. The molecule has 6 nitrogen and oxygen atoms in total. The summed E-state index contributed by atoms with van der Waals surface area (Å²) in [6.45, 7) is 0.661. The molecule has 0 unspecified atom stereocenters. The lowest BCUT2D eigenvalue weighted by Crippen LogP contribution is -2.24. The average molecular weight is 348 g/mol. The predicted octanol–water partition coefficient (Wildman–Crippen LogP) is 2.41. The van der Waals surface area contributed by atoms with Crippen LogP contribution in [0.4, 0.5) is 20.2 Å². The highest BCUT2D eigenvalue weighted by Crippen LogP contribution is 2.41. The molecule has 1 aliphatic carbocycles. The maximum absolute atomic E-state index is 15.3. The SMILES string of the molecule is CON=C1CCN(c2c(F)c(N)c3c(=O)ccn(C4CC4)c3c2F)C1. The second kappa shape index (κ2) is 5.72. The Kier molecular flexibility index (Phi) is 3.63. The van der Waals surface area contributed by atoms with Gasteiger partial charge in [0.15, 0.2) is 17.1 Å². The predicted molar refractivity (Wildman–Crippen MR) is 92.1 cm³/mol. The van der Waals surface area contributed by atoms with Crippen LogP contribution >= 0.6 is 0 Å². The van der Waals surface area contributed by atoms with E-state index in [0.29, 0.717) is 18.7 Å². The highest BCUT2D eigenvalue weighted by Gasteiger charge is 2.32. The molecule has 4 rings (SSSR count). The zero-order valence-electron chi connectivity index (χ0n) is 13.8. The number of hydrogen-bond acceptors (Lipinski definition) is 5. The maximum Gasteiger partial charge on any atom is 0.191 e. The molecule has 0 bridgehead atoms. The van der Waals surface area contributed by atoms with E-state index in [1.54, 1.807) is 15.7 Å². The zero-order chi connectivity index (χ0) is 17.7. The van der Waals surface area contributed by atoms with Crippen LogP contribution in [0.5, 0.6) is 0 Å². The van der Waals surface area contributed by atoms with Crippen LogP contribution in [0.25, 0.3) is 10.9 Å². The van der Waals surface area contributed by atoms with Crippen LogP contribution in [-0.4, -0.2) is 30.5 Å². The number of benzene rings is 1. The second-order valence-corrected chi connectivity index (χ2v) is 6.44. The summed E-state index contributed by atoms with van der Waals surface area (Å²) in [4.78, 5) is 18.5. The smallest absolute Gasteiger partial charge is 0.191 e. The molecule has 0 atom stereocenters. The molecule has 132 valence electrons. The third kappa shape index (κ3) is 2.43. The minimum Gasteiger partial charge on any atom is -0.399 e. The van der Waals surface area contributed by atoms with Gasteiger partial charge in [-0.1, -0.05) is 5.16 Å². The van der Waals surface area contributed by atoms with Crippen molar-refractivity contribution in [3.05, 3.63) is 34.1 Å². The van der Waals surface area contributed by atoms with Gasteiger partial charge in [-0.2, -0.15) is 0 Å². The molecule has 1 aromatic heterocycles. The normalized spacial score (nSPS) is 19.2. The second-order valence-electron chi connectivity index (χ2n) is 6.44. The molecule has 2 N–H and O–H groups in total. The van der Waals surface area contributed by atoms with Crippen molar-refractivity contribution < 1.29 is 13.6 Å². The van der Waals surface area contributed by atoms with E-state index >= 15 is 4.39 Å². The van der Waals surface area contributed by atoms with Crippen molar-refractivity contribution in [1.82, 2.24) is 4.57 Å². The van der Waals surface area contributed by atoms with Crippen LogP contribution in [0.2, 0.25) is 0 Å². The fraction of sp³-hybridized carbons (Fsp3) is 0.412. The first-order valence-corrected chi connectivity index (χ1v) is 8.18. The number of anilines is 2. The van der Waals surface area contributed by atoms with Crippen molar-refractivity contribution in [2.45, 2.75) is 25.3 Å². The summed E-state index contributed by atoms with van der Waals surface area (Å²) < 4.78 is 31.9. The van der Waals surface area contributed by atoms with Gasteiger partial charge in [0.1, 0.15) is 12.8 Å². The monoisotopic (exact) mass is 348 g/mol. The van der Waals surface area contributed by atoms with Crippen LogP contribution in [0, 0.1) is 11.6 Å². The van der Waals surface area contributed by atoms with E-state index in [4.69, 9.17) is 10.6 Å². The van der Waals surface area contributed by atoms with Crippen molar-refractivity contribution in [2.75, 3.05) is 30.8 Å². The Morgan fingerprint density at radius 3 is 2.76 bits per heavy atom. The first-order chi connectivity index (χ1) is 12.0. The Morgan fingerprint density at radius 1 is 1.32 bits per heavy atom. The van der Waals surface area contributed by atoms with Crippen molar-refractivity contribution in [3.8, 4) is 0 Å². The Bertz CT molecular complexity index is 950. The molecule has 1 aliphatic heterocycles. The topological polar surface area (TPSA) is 72.8 Å². The molecule has 2 heterocycles. The van der Waals surface area contributed by atoms with Gasteiger partial charge < -0.3 is 20.0 Å². The molecule has 2 aromatic rings. The van der Waals surface area contributed by atoms with E-state index in [1.165, 1.54) is 13.2 Å². The van der Waals surface area contributed by atoms with Gasteiger partial charge in [0.25, 0.3) is 0 Å². The number of fused-ring (bicyclic) bond motifs is 1. The lowest BCUT2D eigenvalue weighted by atomic mass is 10.1. The Hall–Kier alpha value is -2.64. The Morgan fingerprint density at radius 2 is 2.08 bits per heavy atom. The van der Waals surface area contributed by atoms with Gasteiger partial charge in [-0.15, -0.1) is 0 Å².